The van der Waals surface area contributed by atoms with Crippen LogP contribution in [0.1, 0.15) is 5.56 Å². The molecule has 28 heavy (non-hydrogen) atoms. The van der Waals surface area contributed by atoms with Crippen molar-refractivity contribution in [3.63, 3.8) is 0 Å². The van der Waals surface area contributed by atoms with E-state index in [2.05, 4.69) is 20.8 Å². The lowest BCUT2D eigenvalue weighted by Crippen LogP contribution is -2.32. The van der Waals surface area contributed by atoms with Crippen molar-refractivity contribution in [2.45, 2.75) is 6.92 Å². The van der Waals surface area contributed by atoms with Gasteiger partial charge >= 0.3 is 6.03 Å². The van der Waals surface area contributed by atoms with Gasteiger partial charge in [0.15, 0.2) is 0 Å². The predicted molar refractivity (Wildman–Crippen MR) is 111 cm³/mol. The van der Waals surface area contributed by atoms with Crippen molar-refractivity contribution in [1.29, 1.82) is 0 Å². The van der Waals surface area contributed by atoms with Gasteiger partial charge in [-0.25, -0.2) is 4.79 Å². The zero-order valence-corrected chi connectivity index (χ0v) is 16.6. The third-order valence-electron chi connectivity index (χ3n) is 3.75. The highest BCUT2D eigenvalue weighted by Gasteiger charge is 2.05. The lowest BCUT2D eigenvalue weighted by atomic mass is 10.1. The summed E-state index contributed by atoms with van der Waals surface area (Å²) in [7, 11) is 0. The average Bonchev–Trinajstić information content (AvgIpc) is 2.65. The molecule has 3 aromatic rings. The van der Waals surface area contributed by atoms with E-state index in [4.69, 9.17) is 27.9 Å². The number of carbonyl (C=O) groups is 1. The first-order chi connectivity index (χ1) is 13.5. The lowest BCUT2D eigenvalue weighted by molar-refractivity contribution is 0.246. The fourth-order valence-corrected chi connectivity index (χ4v) is 2.92. The van der Waals surface area contributed by atoms with Gasteiger partial charge in [0.1, 0.15) is 6.61 Å². The van der Waals surface area contributed by atoms with E-state index >= 15 is 0 Å². The summed E-state index contributed by atoms with van der Waals surface area (Å²) in [5.41, 5.74) is 3.45. The van der Waals surface area contributed by atoms with Crippen LogP contribution in [0.5, 0.6) is 5.88 Å². The summed E-state index contributed by atoms with van der Waals surface area (Å²) in [6.07, 6.45) is 0. The molecule has 3 rings (SSSR count). The molecule has 0 aliphatic heterocycles. The zero-order chi connectivity index (χ0) is 19.9. The number of carbonyl (C=O) groups excluding carboxylic acids is 1. The van der Waals surface area contributed by atoms with E-state index < -0.39 is 0 Å². The molecule has 0 spiro atoms. The highest BCUT2D eigenvalue weighted by atomic mass is 35.5. The molecule has 0 saturated heterocycles. The molecule has 0 radical (unpaired) electrons. The molecule has 8 heteroatoms. The van der Waals surface area contributed by atoms with Crippen LogP contribution >= 0.6 is 23.2 Å². The minimum atomic E-state index is -0.386. The average molecular weight is 417 g/mol. The van der Waals surface area contributed by atoms with Crippen molar-refractivity contribution < 1.29 is 9.53 Å². The number of hydrogen-bond acceptors (Lipinski definition) is 4. The Balaban J connectivity index is 1.43. The Bertz CT molecular complexity index is 927. The van der Waals surface area contributed by atoms with Crippen LogP contribution in [0.2, 0.25) is 10.0 Å². The highest BCUT2D eigenvalue weighted by Crippen LogP contribution is 2.22. The van der Waals surface area contributed by atoms with Crippen LogP contribution in [-0.2, 0) is 0 Å². The number of urea groups is 1. The molecule has 0 saturated carbocycles. The minimum Gasteiger partial charge on any atom is -0.475 e. The maximum Gasteiger partial charge on any atom is 0.319 e. The maximum absolute atomic E-state index is 11.9. The number of amides is 2. The summed E-state index contributed by atoms with van der Waals surface area (Å²) < 4.78 is 5.50. The molecule has 0 bridgehead atoms. The van der Waals surface area contributed by atoms with Crippen molar-refractivity contribution in [2.75, 3.05) is 18.5 Å². The standard InChI is InChI=1S/C20H18Cl2N4O2/c1-13-2-4-14(5-3-13)18-6-7-19(26-25-18)28-9-8-23-20(27)24-17-11-15(21)10-16(22)12-17/h2-7,10-12H,8-9H2,1H3,(H2,23,24,27). The third-order valence-corrected chi connectivity index (χ3v) is 4.18. The monoisotopic (exact) mass is 416 g/mol. The summed E-state index contributed by atoms with van der Waals surface area (Å²) >= 11 is 11.8. The first-order valence-electron chi connectivity index (χ1n) is 8.54. The first kappa shape index (κ1) is 19.9. The van der Waals surface area contributed by atoms with Gasteiger partial charge in [0.25, 0.3) is 0 Å². The van der Waals surface area contributed by atoms with Crippen LogP contribution in [0.3, 0.4) is 0 Å². The van der Waals surface area contributed by atoms with E-state index in [-0.39, 0.29) is 12.6 Å². The van der Waals surface area contributed by atoms with E-state index in [0.717, 1.165) is 11.3 Å². The summed E-state index contributed by atoms with van der Waals surface area (Å²) in [5, 5.41) is 14.4. The van der Waals surface area contributed by atoms with Gasteiger partial charge in [-0.2, -0.15) is 0 Å². The van der Waals surface area contributed by atoms with Crippen LogP contribution in [0, 0.1) is 6.92 Å². The van der Waals surface area contributed by atoms with Crippen LogP contribution in [0.25, 0.3) is 11.3 Å². The molecule has 0 unspecified atom stereocenters. The SMILES string of the molecule is Cc1ccc(-c2ccc(OCCNC(=O)Nc3cc(Cl)cc(Cl)c3)nn2)cc1. The molecular weight excluding hydrogens is 399 g/mol. The Morgan fingerprint density at radius 2 is 1.71 bits per heavy atom. The first-order valence-corrected chi connectivity index (χ1v) is 9.30. The Labute approximate surface area is 172 Å². The van der Waals surface area contributed by atoms with Gasteiger partial charge in [0.05, 0.1) is 12.2 Å². The van der Waals surface area contributed by atoms with E-state index in [1.165, 1.54) is 5.56 Å². The maximum atomic E-state index is 11.9. The number of ether oxygens (including phenoxy) is 1. The molecule has 2 N–H and O–H groups in total. The Hall–Kier alpha value is -2.83. The second kappa shape index (κ2) is 9.39. The molecule has 0 aliphatic carbocycles. The normalized spacial score (nSPS) is 10.4. The quantitative estimate of drug-likeness (QED) is 0.556. The largest absolute Gasteiger partial charge is 0.475 e. The van der Waals surface area contributed by atoms with Gasteiger partial charge in [-0.15, -0.1) is 10.2 Å². The number of nitrogens with one attached hydrogen (secondary N) is 2. The van der Waals surface area contributed by atoms with E-state index in [0.29, 0.717) is 28.2 Å². The fourth-order valence-electron chi connectivity index (χ4n) is 2.40. The third kappa shape index (κ3) is 5.84. The lowest BCUT2D eigenvalue weighted by Gasteiger charge is -2.09. The number of hydrogen-bond donors (Lipinski definition) is 2. The minimum absolute atomic E-state index is 0.252. The van der Waals surface area contributed by atoms with Crippen LogP contribution in [-0.4, -0.2) is 29.4 Å². The van der Waals surface area contributed by atoms with E-state index in [1.54, 1.807) is 24.3 Å². The topological polar surface area (TPSA) is 76.1 Å². The van der Waals surface area contributed by atoms with Crippen molar-refractivity contribution in [3.05, 3.63) is 70.2 Å². The molecule has 2 aromatic carbocycles. The van der Waals surface area contributed by atoms with Crippen molar-refractivity contribution >= 4 is 34.9 Å². The second-order valence-corrected chi connectivity index (χ2v) is 6.88. The summed E-state index contributed by atoms with van der Waals surface area (Å²) in [5.74, 6) is 0.389. The molecule has 6 nitrogen and oxygen atoms in total. The van der Waals surface area contributed by atoms with Gasteiger partial charge in [0.2, 0.25) is 5.88 Å². The van der Waals surface area contributed by atoms with E-state index in [9.17, 15) is 4.79 Å². The molecule has 0 aliphatic rings. The van der Waals surface area contributed by atoms with Gasteiger partial charge in [-0.3, -0.25) is 0 Å². The number of benzene rings is 2. The van der Waals surface area contributed by atoms with Crippen molar-refractivity contribution in [2.24, 2.45) is 0 Å². The summed E-state index contributed by atoms with van der Waals surface area (Å²) in [6, 6.07) is 16.0. The van der Waals surface area contributed by atoms with Gasteiger partial charge in [-0.05, 0) is 31.2 Å². The summed E-state index contributed by atoms with van der Waals surface area (Å²) in [4.78, 5) is 11.9. The molecule has 1 aromatic heterocycles. The fraction of sp³-hybridized carbons (Fsp3) is 0.150. The Kier molecular flexibility index (Phi) is 6.68. The number of halogens is 2. The number of rotatable bonds is 6. The van der Waals surface area contributed by atoms with Gasteiger partial charge < -0.3 is 15.4 Å². The number of aromatic nitrogens is 2. The van der Waals surface area contributed by atoms with Crippen LogP contribution in [0.15, 0.2) is 54.6 Å². The van der Waals surface area contributed by atoms with Crippen molar-refractivity contribution in [3.8, 4) is 17.1 Å². The van der Waals surface area contributed by atoms with Crippen LogP contribution in [0.4, 0.5) is 10.5 Å². The highest BCUT2D eigenvalue weighted by molar-refractivity contribution is 6.35. The molecule has 0 fully saturated rings. The molecular formula is C20H18Cl2N4O2. The summed E-state index contributed by atoms with van der Waals surface area (Å²) in [6.45, 7) is 2.58. The Morgan fingerprint density at radius 3 is 2.36 bits per heavy atom. The van der Waals surface area contributed by atoms with E-state index in [1.807, 2.05) is 37.3 Å². The number of anilines is 1. The molecule has 1 heterocycles. The number of aryl methyl sites for hydroxylation is 1. The second-order valence-electron chi connectivity index (χ2n) is 6.01. The van der Waals surface area contributed by atoms with Gasteiger partial charge in [0, 0.05) is 27.4 Å². The van der Waals surface area contributed by atoms with Gasteiger partial charge in [-0.1, -0.05) is 53.0 Å². The smallest absolute Gasteiger partial charge is 0.319 e. The Morgan fingerprint density at radius 1 is 1.00 bits per heavy atom. The predicted octanol–water partition coefficient (Wildman–Crippen LogP) is 4.96. The van der Waals surface area contributed by atoms with Crippen molar-refractivity contribution in [1.82, 2.24) is 15.5 Å². The molecule has 144 valence electrons. The molecule has 2 amide bonds. The van der Waals surface area contributed by atoms with Crippen LogP contribution < -0.4 is 15.4 Å². The zero-order valence-electron chi connectivity index (χ0n) is 15.1. The molecule has 0 atom stereocenters. The number of nitrogens with zero attached hydrogens (tertiary/aromatic N) is 2.